The lowest BCUT2D eigenvalue weighted by Crippen LogP contribution is -2.59. The quantitative estimate of drug-likeness (QED) is 0.925. The van der Waals surface area contributed by atoms with Crippen LogP contribution in [0.2, 0.25) is 0 Å². The summed E-state index contributed by atoms with van der Waals surface area (Å²) in [5.74, 6) is 2.53. The summed E-state index contributed by atoms with van der Waals surface area (Å²) in [4.78, 5) is 2.69. The molecule has 2 aliphatic rings. The summed E-state index contributed by atoms with van der Waals surface area (Å²) in [7, 11) is 0. The normalized spacial score (nSPS) is 29.0. The molecule has 1 aliphatic carbocycles. The first-order chi connectivity index (χ1) is 9.99. The summed E-state index contributed by atoms with van der Waals surface area (Å²) in [6.45, 7) is 13.3. The molecule has 1 saturated carbocycles. The molecule has 1 aliphatic heterocycles. The Balaban J connectivity index is 1.83. The molecule has 0 amide bonds. The standard InChI is InChI=1S/C17H29N3O/c1-10(2)16-8-18-15(14-6-7-14)9-20(16)12(4)17-11(3)19-21-13(17)5/h10,12,14-16,18H,6-9H2,1-5H3. The van der Waals surface area contributed by atoms with Gasteiger partial charge in [0, 0.05) is 36.8 Å². The molecule has 2 fully saturated rings. The van der Waals surface area contributed by atoms with Crippen molar-refractivity contribution in [2.75, 3.05) is 13.1 Å². The number of piperazine rings is 1. The average molecular weight is 291 g/mol. The minimum absolute atomic E-state index is 0.381. The van der Waals surface area contributed by atoms with Crippen LogP contribution in [-0.4, -0.2) is 35.2 Å². The average Bonchev–Trinajstić information content (AvgIpc) is 3.24. The summed E-state index contributed by atoms with van der Waals surface area (Å²) in [5.41, 5.74) is 2.33. The third kappa shape index (κ3) is 2.88. The molecule has 21 heavy (non-hydrogen) atoms. The van der Waals surface area contributed by atoms with Gasteiger partial charge in [0.1, 0.15) is 5.76 Å². The largest absolute Gasteiger partial charge is 0.361 e. The van der Waals surface area contributed by atoms with Crippen LogP contribution in [0.4, 0.5) is 0 Å². The highest BCUT2D eigenvalue weighted by atomic mass is 16.5. The van der Waals surface area contributed by atoms with E-state index in [1.807, 2.05) is 6.92 Å². The van der Waals surface area contributed by atoms with Gasteiger partial charge in [-0.25, -0.2) is 0 Å². The van der Waals surface area contributed by atoms with Crippen LogP contribution in [0.1, 0.15) is 56.7 Å². The number of hydrogen-bond donors (Lipinski definition) is 1. The lowest BCUT2D eigenvalue weighted by Gasteiger charge is -2.45. The molecule has 0 aromatic carbocycles. The van der Waals surface area contributed by atoms with Crippen LogP contribution in [0.3, 0.4) is 0 Å². The number of aromatic nitrogens is 1. The molecule has 3 unspecified atom stereocenters. The van der Waals surface area contributed by atoms with E-state index in [0.717, 1.165) is 30.5 Å². The van der Waals surface area contributed by atoms with Crippen molar-refractivity contribution in [2.45, 2.75) is 65.6 Å². The maximum absolute atomic E-state index is 5.40. The first kappa shape index (κ1) is 15.0. The van der Waals surface area contributed by atoms with Crippen LogP contribution in [0.5, 0.6) is 0 Å². The van der Waals surface area contributed by atoms with Gasteiger partial charge in [-0.05, 0) is 45.4 Å². The van der Waals surface area contributed by atoms with Crippen molar-refractivity contribution < 1.29 is 4.52 Å². The summed E-state index contributed by atoms with van der Waals surface area (Å²) >= 11 is 0. The SMILES string of the molecule is Cc1noc(C)c1C(C)N1CC(C2CC2)NCC1C(C)C. The van der Waals surface area contributed by atoms with Gasteiger partial charge in [0.2, 0.25) is 0 Å². The van der Waals surface area contributed by atoms with Gasteiger partial charge in [0.25, 0.3) is 0 Å². The van der Waals surface area contributed by atoms with Gasteiger partial charge in [-0.1, -0.05) is 19.0 Å². The van der Waals surface area contributed by atoms with E-state index in [2.05, 4.69) is 43.1 Å². The molecule has 1 aromatic heterocycles. The summed E-state index contributed by atoms with van der Waals surface area (Å²) < 4.78 is 5.40. The van der Waals surface area contributed by atoms with Crippen LogP contribution >= 0.6 is 0 Å². The lowest BCUT2D eigenvalue weighted by molar-refractivity contribution is 0.0562. The third-order valence-electron chi connectivity index (χ3n) is 5.39. The third-order valence-corrected chi connectivity index (χ3v) is 5.39. The maximum Gasteiger partial charge on any atom is 0.138 e. The number of rotatable bonds is 4. The Labute approximate surface area is 128 Å². The molecule has 1 saturated heterocycles. The zero-order valence-corrected chi connectivity index (χ0v) is 14.0. The number of hydrogen-bond acceptors (Lipinski definition) is 4. The molecule has 0 bridgehead atoms. The highest BCUT2D eigenvalue weighted by Crippen LogP contribution is 2.37. The molecule has 4 heteroatoms. The fourth-order valence-electron chi connectivity index (χ4n) is 3.95. The monoisotopic (exact) mass is 291 g/mol. The fourth-order valence-corrected chi connectivity index (χ4v) is 3.95. The lowest BCUT2D eigenvalue weighted by atomic mass is 9.93. The van der Waals surface area contributed by atoms with Gasteiger partial charge >= 0.3 is 0 Å². The van der Waals surface area contributed by atoms with Crippen molar-refractivity contribution in [3.05, 3.63) is 17.0 Å². The zero-order valence-electron chi connectivity index (χ0n) is 14.0. The van der Waals surface area contributed by atoms with Gasteiger partial charge in [-0.2, -0.15) is 0 Å². The van der Waals surface area contributed by atoms with Gasteiger partial charge in [0.15, 0.2) is 0 Å². The molecule has 0 radical (unpaired) electrons. The second-order valence-corrected chi connectivity index (χ2v) is 7.27. The predicted molar refractivity (Wildman–Crippen MR) is 84.2 cm³/mol. The second kappa shape index (κ2) is 5.73. The van der Waals surface area contributed by atoms with E-state index in [1.54, 1.807) is 0 Å². The van der Waals surface area contributed by atoms with Crippen LogP contribution in [-0.2, 0) is 0 Å². The summed E-state index contributed by atoms with van der Waals surface area (Å²) in [5, 5.41) is 7.94. The highest BCUT2D eigenvalue weighted by Gasteiger charge is 2.40. The van der Waals surface area contributed by atoms with E-state index in [9.17, 15) is 0 Å². The molecule has 3 rings (SSSR count). The molecular weight excluding hydrogens is 262 g/mol. The topological polar surface area (TPSA) is 41.3 Å². The first-order valence-corrected chi connectivity index (χ1v) is 8.41. The van der Waals surface area contributed by atoms with Crippen molar-refractivity contribution in [2.24, 2.45) is 11.8 Å². The van der Waals surface area contributed by atoms with Crippen molar-refractivity contribution in [3.8, 4) is 0 Å². The van der Waals surface area contributed by atoms with E-state index in [4.69, 9.17) is 4.52 Å². The van der Waals surface area contributed by atoms with Gasteiger partial charge in [-0.3, -0.25) is 4.90 Å². The minimum Gasteiger partial charge on any atom is -0.361 e. The maximum atomic E-state index is 5.40. The Morgan fingerprint density at radius 1 is 1.24 bits per heavy atom. The Morgan fingerprint density at radius 2 is 1.95 bits per heavy atom. The Kier molecular flexibility index (Phi) is 4.10. The van der Waals surface area contributed by atoms with Crippen LogP contribution in [0, 0.1) is 25.7 Å². The van der Waals surface area contributed by atoms with Crippen molar-refractivity contribution in [1.82, 2.24) is 15.4 Å². The van der Waals surface area contributed by atoms with Crippen LogP contribution in [0.25, 0.3) is 0 Å². The molecule has 3 atom stereocenters. The molecule has 0 spiro atoms. The molecule has 118 valence electrons. The van der Waals surface area contributed by atoms with E-state index >= 15 is 0 Å². The van der Waals surface area contributed by atoms with Gasteiger partial charge in [-0.15, -0.1) is 0 Å². The molecular formula is C17H29N3O. The van der Waals surface area contributed by atoms with Crippen molar-refractivity contribution in [1.29, 1.82) is 0 Å². The van der Waals surface area contributed by atoms with Gasteiger partial charge in [0.05, 0.1) is 5.69 Å². The van der Waals surface area contributed by atoms with Crippen LogP contribution in [0.15, 0.2) is 4.52 Å². The number of aryl methyl sites for hydroxylation is 2. The van der Waals surface area contributed by atoms with E-state index in [1.165, 1.54) is 18.4 Å². The Morgan fingerprint density at radius 3 is 2.48 bits per heavy atom. The Hall–Kier alpha value is -0.870. The summed E-state index contributed by atoms with van der Waals surface area (Å²) in [6, 6.07) is 1.64. The number of nitrogens with one attached hydrogen (secondary N) is 1. The van der Waals surface area contributed by atoms with Crippen molar-refractivity contribution in [3.63, 3.8) is 0 Å². The first-order valence-electron chi connectivity index (χ1n) is 8.41. The van der Waals surface area contributed by atoms with Crippen LogP contribution < -0.4 is 5.32 Å². The van der Waals surface area contributed by atoms with E-state index in [0.29, 0.717) is 24.0 Å². The van der Waals surface area contributed by atoms with Gasteiger partial charge < -0.3 is 9.84 Å². The Bertz CT molecular complexity index is 473. The summed E-state index contributed by atoms with van der Waals surface area (Å²) in [6.07, 6.45) is 2.80. The fraction of sp³-hybridized carbons (Fsp3) is 0.824. The van der Waals surface area contributed by atoms with E-state index < -0.39 is 0 Å². The minimum atomic E-state index is 0.381. The molecule has 2 heterocycles. The molecule has 1 N–H and O–H groups in total. The predicted octanol–water partition coefficient (Wildman–Crippen LogP) is 3.06. The second-order valence-electron chi connectivity index (χ2n) is 7.27. The molecule has 4 nitrogen and oxygen atoms in total. The van der Waals surface area contributed by atoms with E-state index in [-0.39, 0.29) is 0 Å². The zero-order chi connectivity index (χ0) is 15.1. The highest BCUT2D eigenvalue weighted by molar-refractivity contribution is 5.25. The molecule has 1 aromatic rings. The smallest absolute Gasteiger partial charge is 0.138 e. The number of nitrogens with zero attached hydrogens (tertiary/aromatic N) is 2. The van der Waals surface area contributed by atoms with Crippen molar-refractivity contribution >= 4 is 0 Å².